The molecular formula is C11H16N2O4S. The van der Waals surface area contributed by atoms with Gasteiger partial charge in [-0.25, -0.2) is 4.72 Å². The van der Waals surface area contributed by atoms with E-state index in [9.17, 15) is 13.2 Å². The quantitative estimate of drug-likeness (QED) is 0.679. The Morgan fingerprint density at radius 1 is 1.33 bits per heavy atom. The number of hydrogen-bond acceptors (Lipinski definition) is 3. The largest absolute Gasteiger partial charge is 0.481 e. The molecule has 18 heavy (non-hydrogen) atoms. The van der Waals surface area contributed by atoms with Gasteiger partial charge in [-0.05, 0) is 12.0 Å². The van der Waals surface area contributed by atoms with Crippen LogP contribution in [0.25, 0.3) is 0 Å². The Kier molecular flexibility index (Phi) is 5.26. The lowest BCUT2D eigenvalue weighted by Gasteiger charge is -2.17. The van der Waals surface area contributed by atoms with E-state index in [2.05, 4.69) is 9.44 Å². The lowest BCUT2D eigenvalue weighted by atomic mass is 10.0. The normalized spacial score (nSPS) is 13.2. The molecule has 0 fully saturated rings. The fourth-order valence-electron chi connectivity index (χ4n) is 1.49. The number of rotatable bonds is 7. The summed E-state index contributed by atoms with van der Waals surface area (Å²) >= 11 is 0. The summed E-state index contributed by atoms with van der Waals surface area (Å²) in [5.41, 5.74) is 0.734. The molecule has 0 aliphatic carbocycles. The summed E-state index contributed by atoms with van der Waals surface area (Å²) in [6.45, 7) is 0. The van der Waals surface area contributed by atoms with Gasteiger partial charge in [0, 0.05) is 19.5 Å². The van der Waals surface area contributed by atoms with Crippen molar-refractivity contribution in [2.24, 2.45) is 0 Å². The lowest BCUT2D eigenvalue weighted by molar-refractivity contribution is -0.137. The Morgan fingerprint density at radius 2 is 1.94 bits per heavy atom. The second-order valence-corrected chi connectivity index (χ2v) is 5.37. The van der Waals surface area contributed by atoms with Gasteiger partial charge in [-0.3, -0.25) is 4.79 Å². The molecule has 1 rings (SSSR count). The van der Waals surface area contributed by atoms with Crippen molar-refractivity contribution < 1.29 is 18.3 Å². The second-order valence-electron chi connectivity index (χ2n) is 3.72. The fraction of sp³-hybridized carbons (Fsp3) is 0.364. The molecule has 0 aromatic heterocycles. The van der Waals surface area contributed by atoms with Crippen molar-refractivity contribution in [2.45, 2.75) is 18.9 Å². The van der Waals surface area contributed by atoms with Crippen LogP contribution in [0.15, 0.2) is 30.3 Å². The molecule has 0 saturated heterocycles. The van der Waals surface area contributed by atoms with Gasteiger partial charge in [-0.2, -0.15) is 13.1 Å². The van der Waals surface area contributed by atoms with Crippen molar-refractivity contribution in [1.82, 2.24) is 9.44 Å². The average molecular weight is 272 g/mol. The van der Waals surface area contributed by atoms with Gasteiger partial charge in [0.05, 0.1) is 0 Å². The van der Waals surface area contributed by atoms with Crippen molar-refractivity contribution in [3.8, 4) is 0 Å². The fourth-order valence-corrected chi connectivity index (χ4v) is 2.24. The van der Waals surface area contributed by atoms with Crippen LogP contribution >= 0.6 is 0 Å². The van der Waals surface area contributed by atoms with Crippen LogP contribution in [0.1, 0.15) is 24.4 Å². The molecule has 0 spiro atoms. The van der Waals surface area contributed by atoms with Crippen molar-refractivity contribution in [1.29, 1.82) is 0 Å². The first-order valence-electron chi connectivity index (χ1n) is 5.42. The molecule has 100 valence electrons. The molecule has 0 amide bonds. The molecule has 1 unspecified atom stereocenters. The first kappa shape index (κ1) is 14.6. The Labute approximate surface area is 106 Å². The van der Waals surface area contributed by atoms with Crippen LogP contribution < -0.4 is 9.44 Å². The van der Waals surface area contributed by atoms with E-state index >= 15 is 0 Å². The molecule has 0 bridgehead atoms. The van der Waals surface area contributed by atoms with E-state index in [1.54, 1.807) is 24.3 Å². The minimum Gasteiger partial charge on any atom is -0.481 e. The zero-order valence-electron chi connectivity index (χ0n) is 9.96. The maximum atomic E-state index is 11.5. The molecular weight excluding hydrogens is 256 g/mol. The molecule has 0 saturated carbocycles. The monoisotopic (exact) mass is 272 g/mol. The van der Waals surface area contributed by atoms with Crippen molar-refractivity contribution in [3.63, 3.8) is 0 Å². The summed E-state index contributed by atoms with van der Waals surface area (Å²) < 4.78 is 27.5. The highest BCUT2D eigenvalue weighted by Gasteiger charge is 2.18. The van der Waals surface area contributed by atoms with Gasteiger partial charge in [0.25, 0.3) is 10.2 Å². The second kappa shape index (κ2) is 6.48. The van der Waals surface area contributed by atoms with E-state index in [-0.39, 0.29) is 12.8 Å². The number of carboxylic acid groups (broad SMARTS) is 1. The number of benzene rings is 1. The molecule has 0 aliphatic heterocycles. The topological polar surface area (TPSA) is 95.5 Å². The smallest absolute Gasteiger partial charge is 0.303 e. The first-order valence-corrected chi connectivity index (χ1v) is 6.90. The number of carboxylic acids is 1. The highest BCUT2D eigenvalue weighted by molar-refractivity contribution is 7.87. The van der Waals surface area contributed by atoms with E-state index in [0.29, 0.717) is 0 Å². The highest BCUT2D eigenvalue weighted by Crippen LogP contribution is 2.18. The van der Waals surface area contributed by atoms with Gasteiger partial charge in [0.1, 0.15) is 0 Å². The van der Waals surface area contributed by atoms with Gasteiger partial charge in [0.2, 0.25) is 0 Å². The minimum atomic E-state index is -3.61. The number of aliphatic carboxylic acids is 1. The van der Waals surface area contributed by atoms with Gasteiger partial charge < -0.3 is 5.11 Å². The van der Waals surface area contributed by atoms with Crippen LogP contribution in [0.5, 0.6) is 0 Å². The molecule has 0 heterocycles. The van der Waals surface area contributed by atoms with E-state index in [4.69, 9.17) is 5.11 Å². The third-order valence-corrected chi connectivity index (χ3v) is 3.55. The van der Waals surface area contributed by atoms with Gasteiger partial charge in [-0.1, -0.05) is 30.3 Å². The van der Waals surface area contributed by atoms with Crippen LogP contribution in [-0.2, 0) is 15.0 Å². The third kappa shape index (κ3) is 4.82. The van der Waals surface area contributed by atoms with Crippen LogP contribution in [0.2, 0.25) is 0 Å². The summed E-state index contributed by atoms with van der Waals surface area (Å²) in [7, 11) is -2.31. The summed E-state index contributed by atoms with van der Waals surface area (Å²) in [4.78, 5) is 10.6. The summed E-state index contributed by atoms with van der Waals surface area (Å²) in [6, 6.07) is 8.31. The Balaban J connectivity index is 2.85. The van der Waals surface area contributed by atoms with Crippen LogP contribution in [0, 0.1) is 0 Å². The number of carbonyl (C=O) groups is 1. The molecule has 0 aliphatic rings. The Morgan fingerprint density at radius 3 is 2.44 bits per heavy atom. The summed E-state index contributed by atoms with van der Waals surface area (Å²) in [6.07, 6.45) is 0.0893. The van der Waals surface area contributed by atoms with E-state index in [1.807, 2.05) is 6.07 Å². The SMILES string of the molecule is CNS(=O)(=O)NC(CCC(=O)O)c1ccccc1. The molecule has 6 nitrogen and oxygen atoms in total. The maximum absolute atomic E-state index is 11.5. The first-order chi connectivity index (χ1) is 8.44. The van der Waals surface area contributed by atoms with E-state index in [0.717, 1.165) is 5.56 Å². The zero-order chi connectivity index (χ0) is 13.6. The predicted molar refractivity (Wildman–Crippen MR) is 67.2 cm³/mol. The van der Waals surface area contributed by atoms with Crippen molar-refractivity contribution in [3.05, 3.63) is 35.9 Å². The van der Waals surface area contributed by atoms with Crippen molar-refractivity contribution >= 4 is 16.2 Å². The molecule has 1 aromatic carbocycles. The third-order valence-electron chi connectivity index (χ3n) is 2.41. The van der Waals surface area contributed by atoms with E-state index in [1.165, 1.54) is 7.05 Å². The van der Waals surface area contributed by atoms with Crippen LogP contribution in [0.4, 0.5) is 0 Å². The Hall–Kier alpha value is -1.44. The zero-order valence-corrected chi connectivity index (χ0v) is 10.8. The molecule has 3 N–H and O–H groups in total. The van der Waals surface area contributed by atoms with Gasteiger partial charge in [-0.15, -0.1) is 0 Å². The highest BCUT2D eigenvalue weighted by atomic mass is 32.2. The van der Waals surface area contributed by atoms with Gasteiger partial charge in [0.15, 0.2) is 0 Å². The summed E-state index contributed by atoms with van der Waals surface area (Å²) in [5, 5.41) is 8.67. The lowest BCUT2D eigenvalue weighted by Crippen LogP contribution is -2.37. The van der Waals surface area contributed by atoms with Crippen LogP contribution in [-0.4, -0.2) is 26.5 Å². The molecule has 0 radical (unpaired) electrons. The number of nitrogens with one attached hydrogen (secondary N) is 2. The minimum absolute atomic E-state index is 0.105. The summed E-state index contributed by atoms with van der Waals surface area (Å²) in [5.74, 6) is -0.959. The number of hydrogen-bond donors (Lipinski definition) is 3. The maximum Gasteiger partial charge on any atom is 0.303 e. The Bertz CT molecular complexity index is 487. The van der Waals surface area contributed by atoms with Gasteiger partial charge >= 0.3 is 5.97 Å². The molecule has 7 heteroatoms. The predicted octanol–water partition coefficient (Wildman–Crippen LogP) is 0.646. The van der Waals surface area contributed by atoms with E-state index < -0.39 is 22.2 Å². The molecule has 1 aromatic rings. The van der Waals surface area contributed by atoms with Crippen molar-refractivity contribution in [2.75, 3.05) is 7.05 Å². The molecule has 1 atom stereocenters. The standard InChI is InChI=1S/C11H16N2O4S/c1-12-18(16,17)13-10(7-8-11(14)15)9-5-3-2-4-6-9/h2-6,10,12-13H,7-8H2,1H3,(H,14,15). The van der Waals surface area contributed by atoms with Crippen LogP contribution in [0.3, 0.4) is 0 Å². The average Bonchev–Trinajstić information content (AvgIpc) is 2.35.